The van der Waals surface area contributed by atoms with E-state index in [9.17, 15) is 0 Å². The number of thiazole rings is 1. The van der Waals surface area contributed by atoms with Crippen molar-refractivity contribution in [1.82, 2.24) is 15.2 Å². The van der Waals surface area contributed by atoms with E-state index in [2.05, 4.69) is 36.0 Å². The van der Waals surface area contributed by atoms with Gasteiger partial charge in [0, 0.05) is 31.1 Å². The normalized spacial score (nSPS) is 21.4. The topological polar surface area (TPSA) is 59.0 Å². The van der Waals surface area contributed by atoms with Gasteiger partial charge in [-0.1, -0.05) is 0 Å². The van der Waals surface area contributed by atoms with Gasteiger partial charge in [-0.15, -0.1) is 35.3 Å². The number of aromatic nitrogens is 1. The van der Waals surface area contributed by atoms with Crippen molar-refractivity contribution in [2.45, 2.75) is 65.2 Å². The fraction of sp³-hybridized carbons (Fsp3) is 0.789. The molecule has 0 aliphatic carbocycles. The number of hydrogen-bond donors (Lipinski definition) is 1. The predicted octanol–water partition coefficient (Wildman–Crippen LogP) is 3.50. The van der Waals surface area contributed by atoms with Crippen LogP contribution in [0, 0.1) is 13.8 Å². The fourth-order valence-corrected chi connectivity index (χ4v) is 4.29. The number of likely N-dealkylation sites (tertiary alicyclic amines) is 1. The average molecular weight is 508 g/mol. The minimum Gasteiger partial charge on any atom is -0.376 e. The van der Waals surface area contributed by atoms with E-state index in [4.69, 9.17) is 14.5 Å². The van der Waals surface area contributed by atoms with Gasteiger partial charge in [0.25, 0.3) is 0 Å². The molecule has 1 N–H and O–H groups in total. The smallest absolute Gasteiger partial charge is 0.194 e. The van der Waals surface area contributed by atoms with Crippen molar-refractivity contribution in [1.29, 1.82) is 0 Å². The van der Waals surface area contributed by atoms with E-state index < -0.39 is 0 Å². The second-order valence-corrected chi connectivity index (χ2v) is 8.36. The van der Waals surface area contributed by atoms with Crippen LogP contribution in [-0.4, -0.2) is 60.9 Å². The molecule has 154 valence electrons. The van der Waals surface area contributed by atoms with Crippen LogP contribution in [0.15, 0.2) is 4.99 Å². The highest BCUT2D eigenvalue weighted by atomic mass is 127. The molecule has 2 aliphatic rings. The Morgan fingerprint density at radius 2 is 2.11 bits per heavy atom. The minimum absolute atomic E-state index is 0. The molecule has 27 heavy (non-hydrogen) atoms. The first-order valence-electron chi connectivity index (χ1n) is 9.85. The van der Waals surface area contributed by atoms with Crippen LogP contribution in [0.25, 0.3) is 0 Å². The van der Waals surface area contributed by atoms with E-state index in [0.29, 0.717) is 18.8 Å². The molecular formula is C19H33IN4O2S. The number of guanidine groups is 1. The monoisotopic (exact) mass is 508 g/mol. The van der Waals surface area contributed by atoms with Crippen LogP contribution >= 0.6 is 35.3 Å². The molecule has 0 amide bonds. The third kappa shape index (κ3) is 6.83. The van der Waals surface area contributed by atoms with Gasteiger partial charge in [-0.2, -0.15) is 0 Å². The molecule has 0 bridgehead atoms. The zero-order valence-electron chi connectivity index (χ0n) is 16.7. The Kier molecular flexibility index (Phi) is 9.75. The molecule has 0 saturated carbocycles. The van der Waals surface area contributed by atoms with Gasteiger partial charge in [0.1, 0.15) is 5.01 Å². The molecule has 2 fully saturated rings. The zero-order chi connectivity index (χ0) is 18.4. The molecule has 6 nitrogen and oxygen atoms in total. The highest BCUT2D eigenvalue weighted by molar-refractivity contribution is 14.0. The van der Waals surface area contributed by atoms with Crippen LogP contribution in [0.4, 0.5) is 0 Å². The summed E-state index contributed by atoms with van der Waals surface area (Å²) < 4.78 is 11.7. The molecule has 1 aromatic heterocycles. The number of aryl methyl sites for hydroxylation is 2. The summed E-state index contributed by atoms with van der Waals surface area (Å²) >= 11 is 1.74. The quantitative estimate of drug-likeness (QED) is 0.362. The molecule has 8 heteroatoms. The van der Waals surface area contributed by atoms with E-state index in [-0.39, 0.29) is 24.0 Å². The lowest BCUT2D eigenvalue weighted by Crippen LogP contribution is -2.47. The van der Waals surface area contributed by atoms with Crippen molar-refractivity contribution in [2.75, 3.05) is 32.8 Å². The number of hydrogen-bond acceptors (Lipinski definition) is 5. The van der Waals surface area contributed by atoms with Gasteiger partial charge in [-0.05, 0) is 46.5 Å². The van der Waals surface area contributed by atoms with Crippen molar-refractivity contribution in [2.24, 2.45) is 4.99 Å². The zero-order valence-corrected chi connectivity index (χ0v) is 19.8. The van der Waals surface area contributed by atoms with Crippen molar-refractivity contribution in [3.63, 3.8) is 0 Å². The molecule has 0 spiro atoms. The van der Waals surface area contributed by atoms with Gasteiger partial charge in [0.05, 0.1) is 31.1 Å². The van der Waals surface area contributed by atoms with Crippen molar-refractivity contribution in [3.8, 4) is 0 Å². The Morgan fingerprint density at radius 1 is 1.33 bits per heavy atom. The van der Waals surface area contributed by atoms with E-state index in [1.807, 2.05) is 0 Å². The summed E-state index contributed by atoms with van der Waals surface area (Å²) in [4.78, 5) is 13.0. The SMILES string of the molecule is CCNC(=NCc1nc(C)c(C)s1)N1CCC(OCC2CCCO2)CC1.I. The fourth-order valence-electron chi connectivity index (χ4n) is 3.43. The molecule has 2 aliphatic heterocycles. The van der Waals surface area contributed by atoms with Gasteiger partial charge in [-0.3, -0.25) is 0 Å². The number of aliphatic imine (C=N–C) groups is 1. The number of nitrogens with one attached hydrogen (secondary N) is 1. The Morgan fingerprint density at radius 3 is 2.70 bits per heavy atom. The van der Waals surface area contributed by atoms with Crippen LogP contribution in [0.5, 0.6) is 0 Å². The predicted molar refractivity (Wildman–Crippen MR) is 121 cm³/mol. The first-order valence-corrected chi connectivity index (χ1v) is 10.7. The lowest BCUT2D eigenvalue weighted by atomic mass is 10.1. The van der Waals surface area contributed by atoms with Gasteiger partial charge in [0.2, 0.25) is 0 Å². The molecule has 1 aromatic rings. The van der Waals surface area contributed by atoms with Crippen LogP contribution < -0.4 is 5.32 Å². The van der Waals surface area contributed by atoms with E-state index in [1.165, 1.54) is 11.3 Å². The van der Waals surface area contributed by atoms with Crippen LogP contribution in [0.1, 0.15) is 48.2 Å². The van der Waals surface area contributed by atoms with Crippen molar-refractivity contribution in [3.05, 3.63) is 15.6 Å². The lowest BCUT2D eigenvalue weighted by Gasteiger charge is -2.34. The molecule has 3 heterocycles. The number of piperidine rings is 1. The average Bonchev–Trinajstić information content (AvgIpc) is 3.27. The minimum atomic E-state index is 0. The van der Waals surface area contributed by atoms with Crippen LogP contribution in [-0.2, 0) is 16.0 Å². The van der Waals surface area contributed by atoms with Gasteiger partial charge >= 0.3 is 0 Å². The first-order chi connectivity index (χ1) is 12.7. The number of ether oxygens (including phenoxy) is 2. The Bertz CT molecular complexity index is 577. The second-order valence-electron chi connectivity index (χ2n) is 7.07. The summed E-state index contributed by atoms with van der Waals surface area (Å²) in [5.41, 5.74) is 1.12. The van der Waals surface area contributed by atoms with Gasteiger partial charge in [0.15, 0.2) is 5.96 Å². The number of nitrogens with zero attached hydrogens (tertiary/aromatic N) is 3. The van der Waals surface area contributed by atoms with E-state index >= 15 is 0 Å². The highest BCUT2D eigenvalue weighted by Crippen LogP contribution is 2.19. The third-order valence-electron chi connectivity index (χ3n) is 5.06. The Balaban J connectivity index is 0.00000261. The number of rotatable bonds is 6. The maximum absolute atomic E-state index is 6.08. The first kappa shape index (κ1) is 22.8. The summed E-state index contributed by atoms with van der Waals surface area (Å²) in [5.74, 6) is 0.996. The molecular weight excluding hydrogens is 475 g/mol. The van der Waals surface area contributed by atoms with Crippen LogP contribution in [0.3, 0.4) is 0 Å². The summed E-state index contributed by atoms with van der Waals surface area (Å²) in [5, 5.41) is 4.52. The maximum atomic E-state index is 6.08. The molecule has 0 aromatic carbocycles. The summed E-state index contributed by atoms with van der Waals surface area (Å²) in [6.07, 6.45) is 5.08. The van der Waals surface area contributed by atoms with E-state index in [0.717, 1.165) is 68.8 Å². The van der Waals surface area contributed by atoms with Crippen LogP contribution in [0.2, 0.25) is 0 Å². The maximum Gasteiger partial charge on any atom is 0.194 e. The molecule has 1 unspecified atom stereocenters. The Hall–Kier alpha value is -0.450. The van der Waals surface area contributed by atoms with Crippen molar-refractivity contribution < 1.29 is 9.47 Å². The molecule has 3 rings (SSSR count). The second kappa shape index (κ2) is 11.5. The number of halogens is 1. The summed E-state index contributed by atoms with van der Waals surface area (Å²) in [6.45, 7) is 11.4. The largest absolute Gasteiger partial charge is 0.376 e. The highest BCUT2D eigenvalue weighted by Gasteiger charge is 2.24. The summed E-state index contributed by atoms with van der Waals surface area (Å²) in [6, 6.07) is 0. The van der Waals surface area contributed by atoms with Crippen molar-refractivity contribution >= 4 is 41.3 Å². The van der Waals surface area contributed by atoms with Gasteiger partial charge in [-0.25, -0.2) is 9.98 Å². The Labute approximate surface area is 184 Å². The third-order valence-corrected chi connectivity index (χ3v) is 6.11. The molecule has 0 radical (unpaired) electrons. The standard InChI is InChI=1S/C19H32N4O2S.HI/c1-4-20-19(21-12-18-22-14(2)15(3)26-18)23-9-7-16(8-10-23)25-13-17-6-5-11-24-17;/h16-17H,4-13H2,1-3H3,(H,20,21);1H. The molecule has 1 atom stereocenters. The lowest BCUT2D eigenvalue weighted by molar-refractivity contribution is -0.0367. The summed E-state index contributed by atoms with van der Waals surface area (Å²) in [7, 11) is 0. The van der Waals surface area contributed by atoms with E-state index in [1.54, 1.807) is 11.3 Å². The van der Waals surface area contributed by atoms with Gasteiger partial charge < -0.3 is 19.7 Å². The molecule has 2 saturated heterocycles.